The molecule has 0 bridgehead atoms. The maximum absolute atomic E-state index is 12.9. The van der Waals surface area contributed by atoms with Crippen molar-refractivity contribution in [3.8, 4) is 6.07 Å². The molecule has 6 heteroatoms. The molecule has 1 heterocycles. The van der Waals surface area contributed by atoms with Gasteiger partial charge in [-0.25, -0.2) is 4.98 Å². The van der Waals surface area contributed by atoms with E-state index < -0.39 is 0 Å². The number of fused-ring (bicyclic) bond motifs is 1. The van der Waals surface area contributed by atoms with Gasteiger partial charge in [-0.2, -0.15) is 5.26 Å². The molecule has 26 heavy (non-hydrogen) atoms. The van der Waals surface area contributed by atoms with E-state index in [-0.39, 0.29) is 5.56 Å². The number of para-hydroxylation sites is 1. The van der Waals surface area contributed by atoms with E-state index in [0.29, 0.717) is 40.5 Å². The van der Waals surface area contributed by atoms with Crippen LogP contribution in [-0.2, 0) is 17.0 Å². The molecule has 0 aliphatic carbocycles. The SMILES string of the molecule is COCCCn1c(SCc2ccc(C#N)cc2)nc2ccccc2c1=O. The minimum atomic E-state index is -0.0194. The van der Waals surface area contributed by atoms with Crippen LogP contribution in [-0.4, -0.2) is 23.3 Å². The van der Waals surface area contributed by atoms with E-state index in [1.54, 1.807) is 23.8 Å². The molecular formula is C20H19N3O2S. The number of methoxy groups -OCH3 is 1. The Hall–Kier alpha value is -2.62. The standard InChI is InChI=1S/C20H19N3O2S/c1-25-12-4-11-23-19(24)17-5-2-3-6-18(17)22-20(23)26-14-16-9-7-15(13-21)8-10-16/h2-3,5-10H,4,11-12,14H2,1H3. The van der Waals surface area contributed by atoms with Crippen molar-refractivity contribution in [1.82, 2.24) is 9.55 Å². The Labute approximate surface area is 156 Å². The minimum absolute atomic E-state index is 0.0194. The van der Waals surface area contributed by atoms with Crippen LogP contribution in [0.1, 0.15) is 17.5 Å². The number of benzene rings is 2. The molecule has 0 aliphatic heterocycles. The van der Waals surface area contributed by atoms with Crippen molar-refractivity contribution >= 4 is 22.7 Å². The number of ether oxygens (including phenoxy) is 1. The second-order valence-electron chi connectivity index (χ2n) is 5.81. The van der Waals surface area contributed by atoms with E-state index in [2.05, 4.69) is 6.07 Å². The van der Waals surface area contributed by atoms with Gasteiger partial charge in [-0.15, -0.1) is 0 Å². The monoisotopic (exact) mass is 365 g/mol. The first-order chi connectivity index (χ1) is 12.7. The Bertz CT molecular complexity index is 991. The fourth-order valence-electron chi connectivity index (χ4n) is 2.65. The zero-order chi connectivity index (χ0) is 18.4. The molecule has 0 amide bonds. The number of thioether (sulfide) groups is 1. The summed E-state index contributed by atoms with van der Waals surface area (Å²) >= 11 is 1.53. The first-order valence-electron chi connectivity index (χ1n) is 8.33. The summed E-state index contributed by atoms with van der Waals surface area (Å²) in [4.78, 5) is 17.6. The quantitative estimate of drug-likeness (QED) is 0.364. The van der Waals surface area contributed by atoms with Crippen LogP contribution >= 0.6 is 11.8 Å². The lowest BCUT2D eigenvalue weighted by molar-refractivity contribution is 0.189. The zero-order valence-electron chi connectivity index (χ0n) is 14.5. The highest BCUT2D eigenvalue weighted by Gasteiger charge is 2.11. The van der Waals surface area contributed by atoms with Crippen LogP contribution in [0.5, 0.6) is 0 Å². The number of nitrogens with zero attached hydrogens (tertiary/aromatic N) is 3. The second kappa shape index (κ2) is 8.65. The molecular weight excluding hydrogens is 346 g/mol. The average molecular weight is 365 g/mol. The van der Waals surface area contributed by atoms with Gasteiger partial charge in [0.1, 0.15) is 0 Å². The fraction of sp³-hybridized carbons (Fsp3) is 0.250. The largest absolute Gasteiger partial charge is 0.385 e. The molecule has 0 fully saturated rings. The lowest BCUT2D eigenvalue weighted by Gasteiger charge is -2.13. The van der Waals surface area contributed by atoms with Crippen molar-refractivity contribution in [3.63, 3.8) is 0 Å². The highest BCUT2D eigenvalue weighted by molar-refractivity contribution is 7.98. The predicted octanol–water partition coefficient (Wildman–Crippen LogP) is 3.60. The molecule has 0 unspecified atom stereocenters. The lowest BCUT2D eigenvalue weighted by atomic mass is 10.2. The Morgan fingerprint density at radius 1 is 1.19 bits per heavy atom. The first kappa shape index (κ1) is 18.2. The van der Waals surface area contributed by atoms with Gasteiger partial charge < -0.3 is 4.74 Å². The molecule has 0 aliphatic rings. The second-order valence-corrected chi connectivity index (χ2v) is 6.75. The molecule has 3 rings (SSSR count). The Balaban J connectivity index is 1.90. The lowest BCUT2D eigenvalue weighted by Crippen LogP contribution is -2.24. The Morgan fingerprint density at radius 2 is 1.96 bits per heavy atom. The Kier molecular flexibility index (Phi) is 6.05. The Morgan fingerprint density at radius 3 is 2.69 bits per heavy atom. The number of nitriles is 1. The van der Waals surface area contributed by atoms with Crippen molar-refractivity contribution in [3.05, 3.63) is 70.0 Å². The maximum Gasteiger partial charge on any atom is 0.262 e. The molecule has 0 saturated carbocycles. The van der Waals surface area contributed by atoms with E-state index in [9.17, 15) is 4.79 Å². The van der Waals surface area contributed by atoms with E-state index in [1.807, 2.05) is 36.4 Å². The van der Waals surface area contributed by atoms with Crippen LogP contribution in [0.3, 0.4) is 0 Å². The van der Waals surface area contributed by atoms with Gasteiger partial charge in [0.15, 0.2) is 5.16 Å². The molecule has 0 spiro atoms. The normalized spacial score (nSPS) is 10.8. The third kappa shape index (κ3) is 4.13. The zero-order valence-corrected chi connectivity index (χ0v) is 15.3. The number of hydrogen-bond donors (Lipinski definition) is 0. The van der Waals surface area contributed by atoms with E-state index in [1.165, 1.54) is 11.8 Å². The summed E-state index contributed by atoms with van der Waals surface area (Å²) < 4.78 is 6.84. The van der Waals surface area contributed by atoms with Gasteiger partial charge in [0.2, 0.25) is 0 Å². The van der Waals surface area contributed by atoms with Crippen molar-refractivity contribution in [2.24, 2.45) is 0 Å². The molecule has 132 valence electrons. The van der Waals surface area contributed by atoms with Crippen molar-refractivity contribution in [2.45, 2.75) is 23.9 Å². The topological polar surface area (TPSA) is 67.9 Å². The van der Waals surface area contributed by atoms with Gasteiger partial charge in [-0.05, 0) is 36.2 Å². The van der Waals surface area contributed by atoms with Gasteiger partial charge in [-0.3, -0.25) is 9.36 Å². The number of aromatic nitrogens is 2. The van der Waals surface area contributed by atoms with Crippen LogP contribution < -0.4 is 5.56 Å². The summed E-state index contributed by atoms with van der Waals surface area (Å²) in [6, 6.07) is 17.0. The van der Waals surface area contributed by atoms with E-state index in [0.717, 1.165) is 12.0 Å². The molecule has 0 N–H and O–H groups in total. The highest BCUT2D eigenvalue weighted by Crippen LogP contribution is 2.22. The van der Waals surface area contributed by atoms with Crippen LogP contribution in [0.2, 0.25) is 0 Å². The summed E-state index contributed by atoms with van der Waals surface area (Å²) in [5.41, 5.74) is 2.41. The van der Waals surface area contributed by atoms with E-state index in [4.69, 9.17) is 15.0 Å². The van der Waals surface area contributed by atoms with Gasteiger partial charge in [0.25, 0.3) is 5.56 Å². The number of hydrogen-bond acceptors (Lipinski definition) is 5. The summed E-state index contributed by atoms with van der Waals surface area (Å²) in [7, 11) is 1.65. The third-order valence-corrected chi connectivity index (χ3v) is 5.06. The average Bonchev–Trinajstić information content (AvgIpc) is 2.69. The van der Waals surface area contributed by atoms with Crippen molar-refractivity contribution in [2.75, 3.05) is 13.7 Å². The molecule has 0 radical (unpaired) electrons. The minimum Gasteiger partial charge on any atom is -0.385 e. The van der Waals surface area contributed by atoms with E-state index >= 15 is 0 Å². The molecule has 0 saturated heterocycles. The molecule has 1 aromatic heterocycles. The third-order valence-electron chi connectivity index (χ3n) is 4.01. The van der Waals surface area contributed by atoms with Crippen molar-refractivity contribution < 1.29 is 4.74 Å². The number of rotatable bonds is 7. The fourth-order valence-corrected chi connectivity index (χ4v) is 3.63. The van der Waals surface area contributed by atoms with Crippen LogP contribution in [0.4, 0.5) is 0 Å². The summed E-state index contributed by atoms with van der Waals surface area (Å²) in [6.45, 7) is 1.17. The maximum atomic E-state index is 12.9. The van der Waals surface area contributed by atoms with Crippen molar-refractivity contribution in [1.29, 1.82) is 5.26 Å². The van der Waals surface area contributed by atoms with Crippen LogP contribution in [0, 0.1) is 11.3 Å². The van der Waals surface area contributed by atoms with Gasteiger partial charge in [-0.1, -0.05) is 36.0 Å². The predicted molar refractivity (Wildman–Crippen MR) is 103 cm³/mol. The van der Waals surface area contributed by atoms with Crippen LogP contribution in [0.25, 0.3) is 10.9 Å². The summed E-state index contributed by atoms with van der Waals surface area (Å²) in [5, 5.41) is 10.2. The van der Waals surface area contributed by atoms with Gasteiger partial charge in [0.05, 0.1) is 22.5 Å². The smallest absolute Gasteiger partial charge is 0.262 e. The molecule has 3 aromatic rings. The first-order valence-corrected chi connectivity index (χ1v) is 9.32. The molecule has 0 atom stereocenters. The molecule has 5 nitrogen and oxygen atoms in total. The van der Waals surface area contributed by atoms with Gasteiger partial charge in [0, 0.05) is 26.0 Å². The highest BCUT2D eigenvalue weighted by atomic mass is 32.2. The summed E-state index contributed by atoms with van der Waals surface area (Å²) in [5.74, 6) is 0.681. The molecule has 2 aromatic carbocycles. The van der Waals surface area contributed by atoms with Gasteiger partial charge >= 0.3 is 0 Å². The summed E-state index contributed by atoms with van der Waals surface area (Å²) in [6.07, 6.45) is 0.751. The van der Waals surface area contributed by atoms with Crippen LogP contribution in [0.15, 0.2) is 58.5 Å².